The summed E-state index contributed by atoms with van der Waals surface area (Å²) >= 11 is 1.05. The number of hydrogen-bond donors (Lipinski definition) is 0. The number of Topliss-reactive ketones (excluding diaryl/α,β-unsaturated/α-hetero) is 1. The average molecular weight is 440 g/mol. The molecule has 0 aliphatic rings. The minimum atomic E-state index is -0.410. The van der Waals surface area contributed by atoms with Crippen LogP contribution in [0, 0.1) is 12.7 Å². The Bertz CT molecular complexity index is 1040. The SMILES string of the molecule is COOSc1ccc(C(=O)CN(C(=O)Cc2ccccc2)c2ccc(F)cc2)cc1C. The van der Waals surface area contributed by atoms with Crippen LogP contribution in [0.1, 0.15) is 21.5 Å². The van der Waals surface area contributed by atoms with Crippen molar-refractivity contribution in [3.8, 4) is 0 Å². The Hall–Kier alpha value is -3.00. The number of hydrogen-bond acceptors (Lipinski definition) is 5. The number of rotatable bonds is 9. The molecule has 0 radical (unpaired) electrons. The van der Waals surface area contributed by atoms with Gasteiger partial charge < -0.3 is 4.90 Å². The van der Waals surface area contributed by atoms with Crippen molar-refractivity contribution in [3.05, 3.63) is 95.3 Å². The van der Waals surface area contributed by atoms with Gasteiger partial charge in [0.2, 0.25) is 5.91 Å². The van der Waals surface area contributed by atoms with Gasteiger partial charge in [0.05, 0.1) is 32.1 Å². The molecule has 7 heteroatoms. The highest BCUT2D eigenvalue weighted by Gasteiger charge is 2.21. The van der Waals surface area contributed by atoms with Gasteiger partial charge in [-0.2, -0.15) is 4.33 Å². The van der Waals surface area contributed by atoms with Gasteiger partial charge in [-0.05, 0) is 54.4 Å². The van der Waals surface area contributed by atoms with Gasteiger partial charge in [-0.25, -0.2) is 9.28 Å². The second-order valence-corrected chi connectivity index (χ2v) is 7.58. The van der Waals surface area contributed by atoms with E-state index < -0.39 is 5.82 Å². The lowest BCUT2D eigenvalue weighted by Crippen LogP contribution is -2.37. The summed E-state index contributed by atoms with van der Waals surface area (Å²) in [6, 6.07) is 20.0. The Morgan fingerprint density at radius 2 is 1.71 bits per heavy atom. The summed E-state index contributed by atoms with van der Waals surface area (Å²) in [6.45, 7) is 1.70. The van der Waals surface area contributed by atoms with E-state index in [0.29, 0.717) is 11.3 Å². The van der Waals surface area contributed by atoms with Crippen LogP contribution >= 0.6 is 12.0 Å². The molecule has 0 saturated carbocycles. The summed E-state index contributed by atoms with van der Waals surface area (Å²) < 4.78 is 18.3. The number of ketones is 1. The van der Waals surface area contributed by atoms with Gasteiger partial charge in [-0.15, -0.1) is 0 Å². The number of aryl methyl sites for hydroxylation is 1. The third-order valence-corrected chi connectivity index (χ3v) is 5.47. The van der Waals surface area contributed by atoms with Crippen LogP contribution in [0.25, 0.3) is 0 Å². The summed E-state index contributed by atoms with van der Waals surface area (Å²) in [7, 11) is 1.41. The van der Waals surface area contributed by atoms with Gasteiger partial charge in [-0.1, -0.05) is 36.4 Å². The van der Waals surface area contributed by atoms with Crippen molar-refractivity contribution in [2.75, 3.05) is 18.6 Å². The molecule has 0 N–H and O–H groups in total. The molecular weight excluding hydrogens is 417 g/mol. The van der Waals surface area contributed by atoms with Gasteiger partial charge in [0, 0.05) is 16.1 Å². The van der Waals surface area contributed by atoms with E-state index in [0.717, 1.165) is 28.1 Å². The molecular formula is C24H22FNO4S. The van der Waals surface area contributed by atoms with Crippen LogP contribution in [0.4, 0.5) is 10.1 Å². The van der Waals surface area contributed by atoms with Crippen molar-refractivity contribution in [2.24, 2.45) is 0 Å². The Morgan fingerprint density at radius 1 is 1.00 bits per heavy atom. The maximum absolute atomic E-state index is 13.4. The van der Waals surface area contributed by atoms with Crippen molar-refractivity contribution in [2.45, 2.75) is 18.2 Å². The summed E-state index contributed by atoms with van der Waals surface area (Å²) in [5.41, 5.74) is 2.62. The number of anilines is 1. The van der Waals surface area contributed by atoms with Crippen LogP contribution < -0.4 is 4.90 Å². The Kier molecular flexibility index (Phi) is 7.94. The molecule has 0 aliphatic heterocycles. The average Bonchev–Trinajstić information content (AvgIpc) is 2.78. The molecule has 31 heavy (non-hydrogen) atoms. The maximum atomic E-state index is 13.4. The Balaban J connectivity index is 1.82. The fourth-order valence-corrected chi connectivity index (χ4v) is 3.49. The predicted molar refractivity (Wildman–Crippen MR) is 118 cm³/mol. The van der Waals surface area contributed by atoms with E-state index in [9.17, 15) is 14.0 Å². The zero-order chi connectivity index (χ0) is 22.2. The molecule has 3 rings (SSSR count). The fraction of sp³-hybridized carbons (Fsp3) is 0.167. The summed E-state index contributed by atoms with van der Waals surface area (Å²) in [4.78, 5) is 32.8. The van der Waals surface area contributed by atoms with Crippen molar-refractivity contribution < 1.29 is 23.2 Å². The monoisotopic (exact) mass is 439 g/mol. The van der Waals surface area contributed by atoms with Gasteiger partial charge in [0.1, 0.15) is 5.82 Å². The zero-order valence-electron chi connectivity index (χ0n) is 17.2. The summed E-state index contributed by atoms with van der Waals surface area (Å²) in [5, 5.41) is 0. The molecule has 0 fully saturated rings. The number of halogens is 1. The molecule has 3 aromatic carbocycles. The number of benzene rings is 3. The van der Waals surface area contributed by atoms with Crippen LogP contribution in [0.2, 0.25) is 0 Å². The van der Waals surface area contributed by atoms with Gasteiger partial charge >= 0.3 is 0 Å². The molecule has 5 nitrogen and oxygen atoms in total. The van der Waals surface area contributed by atoms with Crippen LogP contribution in [0.15, 0.2) is 77.7 Å². The van der Waals surface area contributed by atoms with E-state index in [1.54, 1.807) is 18.2 Å². The predicted octanol–water partition coefficient (Wildman–Crippen LogP) is 5.18. The molecule has 0 atom stereocenters. The molecule has 0 spiro atoms. The number of amides is 1. The molecule has 0 heterocycles. The largest absolute Gasteiger partial charge is 0.304 e. The maximum Gasteiger partial charge on any atom is 0.231 e. The van der Waals surface area contributed by atoms with Gasteiger partial charge in [-0.3, -0.25) is 9.59 Å². The number of nitrogens with zero attached hydrogens (tertiary/aromatic N) is 1. The first-order chi connectivity index (χ1) is 15.0. The van der Waals surface area contributed by atoms with E-state index in [2.05, 4.69) is 4.89 Å². The molecule has 0 unspecified atom stereocenters. The summed E-state index contributed by atoms with van der Waals surface area (Å²) in [5.74, 6) is -0.880. The quantitative estimate of drug-likeness (QED) is 0.199. The third kappa shape index (κ3) is 6.24. The second kappa shape index (κ2) is 10.9. The first-order valence-electron chi connectivity index (χ1n) is 9.59. The summed E-state index contributed by atoms with van der Waals surface area (Å²) in [6.07, 6.45) is 0.133. The standard InChI is InChI=1S/C24H22FNO4S/c1-17-14-19(8-13-23(17)31-30-29-2)22(27)16-26(21-11-9-20(25)10-12-21)24(28)15-18-6-4-3-5-7-18/h3-14H,15-16H2,1-2H3. The highest BCUT2D eigenvalue weighted by Crippen LogP contribution is 2.25. The molecule has 0 aliphatic carbocycles. The van der Waals surface area contributed by atoms with Gasteiger partial charge in [0.15, 0.2) is 5.78 Å². The smallest absolute Gasteiger partial charge is 0.231 e. The first-order valence-corrected chi connectivity index (χ1v) is 10.3. The third-order valence-electron chi connectivity index (χ3n) is 4.63. The molecule has 0 bridgehead atoms. The number of carbonyl (C=O) groups excluding carboxylic acids is 2. The fourth-order valence-electron chi connectivity index (χ4n) is 3.03. The lowest BCUT2D eigenvalue weighted by Gasteiger charge is -2.22. The molecule has 0 saturated heterocycles. The van der Waals surface area contributed by atoms with Crippen molar-refractivity contribution >= 4 is 29.4 Å². The lowest BCUT2D eigenvalue weighted by atomic mass is 10.1. The molecule has 160 valence electrons. The highest BCUT2D eigenvalue weighted by atomic mass is 32.2. The highest BCUT2D eigenvalue weighted by molar-refractivity contribution is 7.94. The molecule has 1 amide bonds. The minimum Gasteiger partial charge on any atom is -0.304 e. The van der Waals surface area contributed by atoms with Crippen LogP contribution in [0.3, 0.4) is 0 Å². The van der Waals surface area contributed by atoms with E-state index in [4.69, 9.17) is 4.33 Å². The van der Waals surface area contributed by atoms with Crippen molar-refractivity contribution in [1.29, 1.82) is 0 Å². The minimum absolute atomic E-state index is 0.133. The second-order valence-electron chi connectivity index (χ2n) is 6.84. The van der Waals surface area contributed by atoms with E-state index in [1.807, 2.05) is 37.3 Å². The lowest BCUT2D eigenvalue weighted by molar-refractivity contribution is -0.160. The first kappa shape index (κ1) is 22.7. The van der Waals surface area contributed by atoms with Crippen LogP contribution in [-0.4, -0.2) is 25.3 Å². The molecule has 0 aromatic heterocycles. The topological polar surface area (TPSA) is 55.8 Å². The van der Waals surface area contributed by atoms with Crippen molar-refractivity contribution in [3.63, 3.8) is 0 Å². The van der Waals surface area contributed by atoms with Gasteiger partial charge in [0.25, 0.3) is 0 Å². The molecule has 3 aromatic rings. The van der Waals surface area contributed by atoms with Crippen LogP contribution in [-0.2, 0) is 20.4 Å². The zero-order valence-corrected chi connectivity index (χ0v) is 18.0. The van der Waals surface area contributed by atoms with Crippen molar-refractivity contribution in [1.82, 2.24) is 0 Å². The van der Waals surface area contributed by atoms with E-state index in [1.165, 1.54) is 36.3 Å². The van der Waals surface area contributed by atoms with E-state index >= 15 is 0 Å². The van der Waals surface area contributed by atoms with Crippen LogP contribution in [0.5, 0.6) is 0 Å². The Morgan fingerprint density at radius 3 is 2.35 bits per heavy atom. The normalized spacial score (nSPS) is 10.7. The van der Waals surface area contributed by atoms with E-state index in [-0.39, 0.29) is 24.7 Å². The number of carbonyl (C=O) groups is 2. The Labute approximate surface area is 184 Å².